The lowest BCUT2D eigenvalue weighted by molar-refractivity contribution is -0.146. The van der Waals surface area contributed by atoms with Gasteiger partial charge in [-0.25, -0.2) is 0 Å². The van der Waals surface area contributed by atoms with E-state index in [2.05, 4.69) is 0 Å². The summed E-state index contributed by atoms with van der Waals surface area (Å²) in [6.45, 7) is 2.00. The van der Waals surface area contributed by atoms with Crippen LogP contribution in [0.1, 0.15) is 48.8 Å². The minimum Gasteiger partial charge on any atom is -0.493 e. The number of fused-ring (bicyclic) bond motifs is 3. The average Bonchev–Trinajstić information content (AvgIpc) is 3.26. The van der Waals surface area contributed by atoms with Gasteiger partial charge in [-0.2, -0.15) is 0 Å². The lowest BCUT2D eigenvalue weighted by Gasteiger charge is -2.26. The van der Waals surface area contributed by atoms with E-state index in [1.807, 2.05) is 59.3 Å². The summed E-state index contributed by atoms with van der Waals surface area (Å²) in [5.74, 6) is 0.688. The molecule has 1 aromatic heterocycles. The summed E-state index contributed by atoms with van der Waals surface area (Å²) in [6.07, 6.45) is 0.00432. The molecule has 2 aromatic carbocycles. The second-order valence-corrected chi connectivity index (χ2v) is 8.43. The van der Waals surface area contributed by atoms with E-state index in [9.17, 15) is 9.90 Å². The van der Waals surface area contributed by atoms with Crippen LogP contribution >= 0.6 is 11.6 Å². The highest BCUT2D eigenvalue weighted by Gasteiger charge is 2.34. The number of carbonyl (C=O) groups is 1. The third kappa shape index (κ3) is 4.78. The highest BCUT2D eigenvalue weighted by atomic mass is 35.5. The fraction of sp³-hybridized carbons (Fsp3) is 0.346. The van der Waals surface area contributed by atoms with Gasteiger partial charge in [0.2, 0.25) is 0 Å². The van der Waals surface area contributed by atoms with Gasteiger partial charge in [0.05, 0.1) is 44.7 Å². The van der Waals surface area contributed by atoms with Gasteiger partial charge in [0.15, 0.2) is 11.5 Å². The highest BCUT2D eigenvalue weighted by Crippen LogP contribution is 2.46. The van der Waals surface area contributed by atoms with Crippen molar-refractivity contribution in [3.8, 4) is 17.2 Å². The number of aliphatic hydroxyl groups excluding tert-OH is 1. The molecule has 1 aliphatic heterocycles. The largest absolute Gasteiger partial charge is 0.493 e. The zero-order chi connectivity index (χ0) is 24.2. The SMILES string of the molecule is CCOC(=O)CC(O)CC1OC(c2cccc(OC)c2OC)c2cc(Cl)ccc2-n2cccc21. The molecule has 3 atom stereocenters. The second-order valence-electron chi connectivity index (χ2n) is 7.99. The van der Waals surface area contributed by atoms with E-state index >= 15 is 0 Å². The van der Waals surface area contributed by atoms with Crippen LogP contribution in [0.4, 0.5) is 0 Å². The molecule has 0 aliphatic carbocycles. The van der Waals surface area contributed by atoms with Crippen molar-refractivity contribution < 1.29 is 28.8 Å². The lowest BCUT2D eigenvalue weighted by Crippen LogP contribution is -2.21. The Morgan fingerprint density at radius 3 is 2.71 bits per heavy atom. The van der Waals surface area contributed by atoms with E-state index in [0.29, 0.717) is 16.5 Å². The molecule has 1 aliphatic rings. The maximum atomic E-state index is 11.9. The van der Waals surface area contributed by atoms with Crippen LogP contribution < -0.4 is 9.47 Å². The molecule has 3 aromatic rings. The van der Waals surface area contributed by atoms with Crippen LogP contribution in [0.15, 0.2) is 54.7 Å². The van der Waals surface area contributed by atoms with Gasteiger partial charge < -0.3 is 28.6 Å². The average molecular weight is 486 g/mol. The maximum absolute atomic E-state index is 11.9. The minimum atomic E-state index is -0.940. The predicted molar refractivity (Wildman–Crippen MR) is 128 cm³/mol. The molecule has 0 amide bonds. The summed E-state index contributed by atoms with van der Waals surface area (Å²) >= 11 is 6.41. The first kappa shape index (κ1) is 24.1. The Morgan fingerprint density at radius 1 is 1.15 bits per heavy atom. The molecule has 0 spiro atoms. The zero-order valence-electron chi connectivity index (χ0n) is 19.4. The Kier molecular flexibility index (Phi) is 7.46. The van der Waals surface area contributed by atoms with Crippen molar-refractivity contribution in [2.45, 2.75) is 38.1 Å². The first-order chi connectivity index (χ1) is 16.5. The first-order valence-electron chi connectivity index (χ1n) is 11.1. The summed E-state index contributed by atoms with van der Waals surface area (Å²) in [5, 5.41) is 11.3. The highest BCUT2D eigenvalue weighted by molar-refractivity contribution is 6.30. The van der Waals surface area contributed by atoms with Crippen molar-refractivity contribution in [1.82, 2.24) is 4.57 Å². The number of benzene rings is 2. The van der Waals surface area contributed by atoms with Crippen LogP contribution in [0.5, 0.6) is 11.5 Å². The normalized spacial score (nSPS) is 17.8. The topological polar surface area (TPSA) is 79.2 Å². The van der Waals surface area contributed by atoms with Crippen molar-refractivity contribution in [3.63, 3.8) is 0 Å². The molecule has 4 rings (SSSR count). The number of ether oxygens (including phenoxy) is 4. The molecule has 1 N–H and O–H groups in total. The van der Waals surface area contributed by atoms with Gasteiger partial charge >= 0.3 is 5.97 Å². The van der Waals surface area contributed by atoms with Crippen molar-refractivity contribution in [2.24, 2.45) is 0 Å². The monoisotopic (exact) mass is 485 g/mol. The summed E-state index contributed by atoms with van der Waals surface area (Å²) in [4.78, 5) is 11.9. The van der Waals surface area contributed by atoms with Crippen molar-refractivity contribution in [1.29, 1.82) is 0 Å². The van der Waals surface area contributed by atoms with Gasteiger partial charge in [0.1, 0.15) is 12.2 Å². The van der Waals surface area contributed by atoms with E-state index in [1.54, 1.807) is 21.1 Å². The van der Waals surface area contributed by atoms with Gasteiger partial charge in [-0.3, -0.25) is 4.79 Å². The third-order valence-electron chi connectivity index (χ3n) is 5.85. The van der Waals surface area contributed by atoms with Gasteiger partial charge in [-0.05, 0) is 43.3 Å². The summed E-state index contributed by atoms with van der Waals surface area (Å²) < 4.78 is 24.9. The van der Waals surface area contributed by atoms with Crippen LogP contribution in [-0.4, -0.2) is 42.6 Å². The number of esters is 1. The third-order valence-corrected chi connectivity index (χ3v) is 6.09. The Bertz CT molecular complexity index is 1160. The van der Waals surface area contributed by atoms with Crippen molar-refractivity contribution in [2.75, 3.05) is 20.8 Å². The molecule has 0 saturated carbocycles. The molecule has 0 bridgehead atoms. The zero-order valence-corrected chi connectivity index (χ0v) is 20.1. The maximum Gasteiger partial charge on any atom is 0.308 e. The quantitative estimate of drug-likeness (QED) is 0.452. The molecule has 7 nitrogen and oxygen atoms in total. The van der Waals surface area contributed by atoms with Crippen molar-refractivity contribution in [3.05, 3.63) is 76.6 Å². The van der Waals surface area contributed by atoms with Crippen LogP contribution in [0.2, 0.25) is 5.02 Å². The first-order valence-corrected chi connectivity index (χ1v) is 11.5. The van der Waals surface area contributed by atoms with E-state index < -0.39 is 24.3 Å². The molecular weight excluding hydrogens is 458 g/mol. The number of aromatic nitrogens is 1. The van der Waals surface area contributed by atoms with Crippen LogP contribution in [0.3, 0.4) is 0 Å². The molecule has 34 heavy (non-hydrogen) atoms. The van der Waals surface area contributed by atoms with Crippen LogP contribution in [-0.2, 0) is 14.3 Å². The number of methoxy groups -OCH3 is 2. The number of hydrogen-bond acceptors (Lipinski definition) is 6. The minimum absolute atomic E-state index is 0.111. The second kappa shape index (κ2) is 10.5. The molecule has 180 valence electrons. The van der Waals surface area contributed by atoms with Crippen molar-refractivity contribution >= 4 is 17.6 Å². The van der Waals surface area contributed by atoms with Crippen LogP contribution in [0.25, 0.3) is 5.69 Å². The Labute approximate surface area is 203 Å². The summed E-state index contributed by atoms with van der Waals surface area (Å²) in [7, 11) is 3.17. The van der Waals surface area contributed by atoms with Crippen LogP contribution in [0, 0.1) is 0 Å². The molecule has 2 heterocycles. The number of nitrogens with zero attached hydrogens (tertiary/aromatic N) is 1. The van der Waals surface area contributed by atoms with E-state index in [-0.39, 0.29) is 19.4 Å². The van der Waals surface area contributed by atoms with E-state index in [0.717, 1.165) is 22.5 Å². The smallest absolute Gasteiger partial charge is 0.308 e. The summed E-state index contributed by atoms with van der Waals surface area (Å²) in [5.41, 5.74) is 3.37. The molecule has 8 heteroatoms. The molecule has 0 fully saturated rings. The Balaban J connectivity index is 1.80. The van der Waals surface area contributed by atoms with Gasteiger partial charge in [0, 0.05) is 28.8 Å². The molecule has 0 saturated heterocycles. The summed E-state index contributed by atoms with van der Waals surface area (Å²) in [6, 6.07) is 15.1. The standard InChI is InChI=1S/C26H28ClNO6/c1-4-33-24(30)15-17(29)14-23-21-8-6-12-28(21)20-11-10-16(27)13-19(20)25(34-23)18-7-5-9-22(31-2)26(18)32-3/h5-13,17,23,25,29H,4,14-15H2,1-3H3. The van der Waals surface area contributed by atoms with Gasteiger partial charge in [0.25, 0.3) is 0 Å². The fourth-order valence-corrected chi connectivity index (χ4v) is 4.60. The number of aliphatic hydroxyl groups is 1. The molecular formula is C26H28ClNO6. The Morgan fingerprint density at radius 2 is 1.97 bits per heavy atom. The lowest BCUT2D eigenvalue weighted by atomic mass is 9.98. The number of para-hydroxylation sites is 1. The molecule has 3 unspecified atom stereocenters. The van der Waals surface area contributed by atoms with E-state index in [4.69, 9.17) is 30.5 Å². The number of rotatable bonds is 8. The van der Waals surface area contributed by atoms with E-state index in [1.165, 1.54) is 0 Å². The molecule has 0 radical (unpaired) electrons. The Hall–Kier alpha value is -3.00. The number of carbonyl (C=O) groups excluding carboxylic acids is 1. The number of halogens is 1. The predicted octanol–water partition coefficient (Wildman–Crippen LogP) is 5.01. The van der Waals surface area contributed by atoms with Gasteiger partial charge in [-0.1, -0.05) is 23.7 Å². The fourth-order valence-electron chi connectivity index (χ4n) is 4.42. The number of hydrogen-bond donors (Lipinski definition) is 1. The van der Waals surface area contributed by atoms with Gasteiger partial charge in [-0.15, -0.1) is 0 Å².